The Hall–Kier alpha value is -0.820. The summed E-state index contributed by atoms with van der Waals surface area (Å²) in [6, 6.07) is 8.82. The van der Waals surface area contributed by atoms with Gasteiger partial charge in [-0.05, 0) is 50.9 Å². The Morgan fingerprint density at radius 1 is 1.25 bits per heavy atom. The molecule has 5 heteroatoms. The SMILES string of the molecule is CCNC(=NCc1ccc(CN(C)C)cc1)N1CCCC(C)C1.I. The van der Waals surface area contributed by atoms with E-state index in [2.05, 4.69) is 67.3 Å². The highest BCUT2D eigenvalue weighted by Gasteiger charge is 2.18. The van der Waals surface area contributed by atoms with E-state index < -0.39 is 0 Å². The maximum absolute atomic E-state index is 4.85. The molecule has 0 spiro atoms. The van der Waals surface area contributed by atoms with Crippen molar-refractivity contribution in [1.82, 2.24) is 15.1 Å². The summed E-state index contributed by atoms with van der Waals surface area (Å²) in [6.07, 6.45) is 2.61. The van der Waals surface area contributed by atoms with E-state index in [-0.39, 0.29) is 24.0 Å². The summed E-state index contributed by atoms with van der Waals surface area (Å²) in [5.74, 6) is 1.83. The van der Waals surface area contributed by atoms with E-state index in [1.54, 1.807) is 0 Å². The van der Waals surface area contributed by atoms with Gasteiger partial charge in [-0.15, -0.1) is 24.0 Å². The lowest BCUT2D eigenvalue weighted by atomic mass is 10.0. The van der Waals surface area contributed by atoms with Gasteiger partial charge in [-0.1, -0.05) is 31.2 Å². The Morgan fingerprint density at radius 2 is 1.92 bits per heavy atom. The number of aliphatic imine (C=N–C) groups is 1. The summed E-state index contributed by atoms with van der Waals surface area (Å²) < 4.78 is 0. The maximum Gasteiger partial charge on any atom is 0.194 e. The van der Waals surface area contributed by atoms with Gasteiger partial charge in [-0.2, -0.15) is 0 Å². The van der Waals surface area contributed by atoms with E-state index in [9.17, 15) is 0 Å². The van der Waals surface area contributed by atoms with E-state index >= 15 is 0 Å². The second-order valence-corrected chi connectivity index (χ2v) is 6.92. The third-order valence-electron chi connectivity index (χ3n) is 4.22. The molecule has 1 atom stereocenters. The molecule has 1 aliphatic rings. The van der Waals surface area contributed by atoms with Gasteiger partial charge in [0.15, 0.2) is 5.96 Å². The molecule has 1 heterocycles. The predicted octanol–water partition coefficient (Wildman–Crippen LogP) is 3.56. The van der Waals surface area contributed by atoms with Crippen LogP contribution < -0.4 is 5.32 Å². The Labute approximate surface area is 164 Å². The number of benzene rings is 1. The number of likely N-dealkylation sites (tertiary alicyclic amines) is 1. The molecular formula is C19H33IN4. The quantitative estimate of drug-likeness (QED) is 0.428. The molecule has 1 aromatic rings. The molecule has 0 aromatic heterocycles. The van der Waals surface area contributed by atoms with Gasteiger partial charge in [0.25, 0.3) is 0 Å². The Morgan fingerprint density at radius 3 is 2.50 bits per heavy atom. The fourth-order valence-electron chi connectivity index (χ4n) is 3.09. The van der Waals surface area contributed by atoms with Gasteiger partial charge >= 0.3 is 0 Å². The van der Waals surface area contributed by atoms with Gasteiger partial charge in [-0.25, -0.2) is 4.99 Å². The normalized spacial score (nSPS) is 18.5. The molecule has 1 fully saturated rings. The molecular weight excluding hydrogens is 411 g/mol. The van der Waals surface area contributed by atoms with Crippen molar-refractivity contribution in [3.63, 3.8) is 0 Å². The number of hydrogen-bond donors (Lipinski definition) is 1. The van der Waals surface area contributed by atoms with Crippen LogP contribution in [0.2, 0.25) is 0 Å². The molecule has 4 nitrogen and oxygen atoms in total. The van der Waals surface area contributed by atoms with Crippen LogP contribution in [0.15, 0.2) is 29.3 Å². The third kappa shape index (κ3) is 6.97. The highest BCUT2D eigenvalue weighted by molar-refractivity contribution is 14.0. The van der Waals surface area contributed by atoms with Crippen molar-refractivity contribution in [1.29, 1.82) is 0 Å². The van der Waals surface area contributed by atoms with Crippen LogP contribution in [-0.2, 0) is 13.1 Å². The smallest absolute Gasteiger partial charge is 0.194 e. The molecule has 0 amide bonds. The standard InChI is InChI=1S/C19H32N4.HI/c1-5-20-19(23-12-6-7-16(2)14-23)21-13-17-8-10-18(11-9-17)15-22(3)4;/h8-11,16H,5-7,12-15H2,1-4H3,(H,20,21);1H. The Bertz CT molecular complexity index is 499. The predicted molar refractivity (Wildman–Crippen MR) is 114 cm³/mol. The zero-order valence-corrected chi connectivity index (χ0v) is 17.9. The largest absolute Gasteiger partial charge is 0.357 e. The van der Waals surface area contributed by atoms with Crippen LogP contribution in [0, 0.1) is 5.92 Å². The first kappa shape index (κ1) is 21.2. The monoisotopic (exact) mass is 444 g/mol. The Kier molecular flexibility index (Phi) is 9.66. The number of halogens is 1. The van der Waals surface area contributed by atoms with Crippen LogP contribution in [0.3, 0.4) is 0 Å². The number of guanidine groups is 1. The van der Waals surface area contributed by atoms with Crippen LogP contribution in [-0.4, -0.2) is 49.5 Å². The number of rotatable bonds is 5. The minimum atomic E-state index is 0. The van der Waals surface area contributed by atoms with Gasteiger partial charge in [0.05, 0.1) is 6.54 Å². The molecule has 0 bridgehead atoms. The maximum atomic E-state index is 4.85. The van der Waals surface area contributed by atoms with E-state index in [0.717, 1.165) is 44.6 Å². The van der Waals surface area contributed by atoms with Crippen LogP contribution >= 0.6 is 24.0 Å². The van der Waals surface area contributed by atoms with Crippen molar-refractivity contribution < 1.29 is 0 Å². The number of piperidine rings is 1. The fraction of sp³-hybridized carbons (Fsp3) is 0.632. The van der Waals surface area contributed by atoms with E-state index in [1.165, 1.54) is 24.0 Å². The molecule has 136 valence electrons. The molecule has 24 heavy (non-hydrogen) atoms. The van der Waals surface area contributed by atoms with Crippen LogP contribution in [0.5, 0.6) is 0 Å². The average Bonchev–Trinajstić information content (AvgIpc) is 2.52. The van der Waals surface area contributed by atoms with Gasteiger partial charge in [-0.3, -0.25) is 0 Å². The van der Waals surface area contributed by atoms with Crippen LogP contribution in [0.4, 0.5) is 0 Å². The van der Waals surface area contributed by atoms with Gasteiger partial charge in [0.2, 0.25) is 0 Å². The lowest BCUT2D eigenvalue weighted by molar-refractivity contribution is 0.266. The van der Waals surface area contributed by atoms with Crippen molar-refractivity contribution in [3.05, 3.63) is 35.4 Å². The van der Waals surface area contributed by atoms with Crippen molar-refractivity contribution in [2.45, 2.75) is 39.8 Å². The van der Waals surface area contributed by atoms with E-state index in [0.29, 0.717) is 0 Å². The molecule has 1 aromatic carbocycles. The summed E-state index contributed by atoms with van der Waals surface area (Å²) in [7, 11) is 4.20. The second kappa shape index (κ2) is 10.9. The first-order valence-electron chi connectivity index (χ1n) is 8.84. The second-order valence-electron chi connectivity index (χ2n) is 6.92. The summed E-state index contributed by atoms with van der Waals surface area (Å²) in [6.45, 7) is 9.36. The van der Waals surface area contributed by atoms with E-state index in [1.807, 2.05) is 0 Å². The Balaban J connectivity index is 0.00000288. The number of nitrogens with one attached hydrogen (secondary N) is 1. The van der Waals surface area contributed by atoms with Crippen molar-refractivity contribution >= 4 is 29.9 Å². The lowest BCUT2D eigenvalue weighted by Crippen LogP contribution is -2.46. The van der Waals surface area contributed by atoms with Crippen molar-refractivity contribution in [3.8, 4) is 0 Å². The number of nitrogens with zero attached hydrogens (tertiary/aromatic N) is 3. The molecule has 1 N–H and O–H groups in total. The average molecular weight is 444 g/mol. The number of hydrogen-bond acceptors (Lipinski definition) is 2. The highest BCUT2D eigenvalue weighted by Crippen LogP contribution is 2.16. The fourth-order valence-corrected chi connectivity index (χ4v) is 3.09. The lowest BCUT2D eigenvalue weighted by Gasteiger charge is -2.33. The summed E-state index contributed by atoms with van der Waals surface area (Å²) in [5.41, 5.74) is 2.62. The zero-order valence-electron chi connectivity index (χ0n) is 15.6. The molecule has 1 saturated heterocycles. The highest BCUT2D eigenvalue weighted by atomic mass is 127. The third-order valence-corrected chi connectivity index (χ3v) is 4.22. The molecule has 1 aliphatic heterocycles. The molecule has 0 saturated carbocycles. The van der Waals surface area contributed by atoms with Crippen LogP contribution in [0.25, 0.3) is 0 Å². The first-order valence-corrected chi connectivity index (χ1v) is 8.84. The molecule has 0 aliphatic carbocycles. The van der Waals surface area contributed by atoms with Crippen molar-refractivity contribution in [2.75, 3.05) is 33.7 Å². The summed E-state index contributed by atoms with van der Waals surface area (Å²) >= 11 is 0. The molecule has 2 rings (SSSR count). The topological polar surface area (TPSA) is 30.9 Å². The first-order chi connectivity index (χ1) is 11.1. The minimum absolute atomic E-state index is 0. The minimum Gasteiger partial charge on any atom is -0.357 e. The van der Waals surface area contributed by atoms with Crippen molar-refractivity contribution in [2.24, 2.45) is 10.9 Å². The van der Waals surface area contributed by atoms with Gasteiger partial charge in [0.1, 0.15) is 0 Å². The molecule has 0 radical (unpaired) electrons. The van der Waals surface area contributed by atoms with Crippen LogP contribution in [0.1, 0.15) is 37.8 Å². The van der Waals surface area contributed by atoms with E-state index in [4.69, 9.17) is 4.99 Å². The van der Waals surface area contributed by atoms with Gasteiger partial charge < -0.3 is 15.1 Å². The summed E-state index contributed by atoms with van der Waals surface area (Å²) in [5, 5.41) is 3.45. The van der Waals surface area contributed by atoms with Gasteiger partial charge in [0, 0.05) is 26.2 Å². The molecule has 1 unspecified atom stereocenters. The summed E-state index contributed by atoms with van der Waals surface area (Å²) in [4.78, 5) is 9.46. The zero-order chi connectivity index (χ0) is 16.7.